The van der Waals surface area contributed by atoms with E-state index in [2.05, 4.69) is 15.1 Å². The van der Waals surface area contributed by atoms with Crippen LogP contribution in [0.15, 0.2) is 42.9 Å². The molecule has 2 N–H and O–H groups in total. The first-order chi connectivity index (χ1) is 8.77. The SMILES string of the molecule is NC(=S)c1ncnc2c1cnn2-c1ccccc1. The highest BCUT2D eigenvalue weighted by atomic mass is 32.1. The Hall–Kier alpha value is -2.34. The lowest BCUT2D eigenvalue weighted by atomic mass is 10.3. The second-order valence-electron chi connectivity index (χ2n) is 3.72. The van der Waals surface area contributed by atoms with Crippen LogP contribution in [0.5, 0.6) is 0 Å². The third-order valence-electron chi connectivity index (χ3n) is 2.60. The highest BCUT2D eigenvalue weighted by Crippen LogP contribution is 2.17. The van der Waals surface area contributed by atoms with Crippen molar-refractivity contribution in [3.05, 3.63) is 48.5 Å². The van der Waals surface area contributed by atoms with Gasteiger partial charge in [-0.15, -0.1) is 0 Å². The van der Waals surface area contributed by atoms with Gasteiger partial charge in [-0.25, -0.2) is 14.6 Å². The average Bonchev–Trinajstić information content (AvgIpc) is 2.83. The number of hydrogen-bond acceptors (Lipinski definition) is 4. The Morgan fingerprint density at radius 1 is 1.17 bits per heavy atom. The van der Waals surface area contributed by atoms with Gasteiger partial charge >= 0.3 is 0 Å². The molecule has 0 bridgehead atoms. The molecule has 0 atom stereocenters. The van der Waals surface area contributed by atoms with E-state index in [4.69, 9.17) is 18.0 Å². The van der Waals surface area contributed by atoms with Crippen LogP contribution in [0.4, 0.5) is 0 Å². The molecule has 5 nitrogen and oxygen atoms in total. The van der Waals surface area contributed by atoms with Crippen LogP contribution >= 0.6 is 12.2 Å². The molecule has 3 rings (SSSR count). The van der Waals surface area contributed by atoms with Gasteiger partial charge in [0.05, 0.1) is 17.3 Å². The molecule has 6 heteroatoms. The van der Waals surface area contributed by atoms with Crippen molar-refractivity contribution in [3.8, 4) is 5.69 Å². The van der Waals surface area contributed by atoms with E-state index in [1.807, 2.05) is 30.3 Å². The minimum atomic E-state index is 0.245. The molecule has 0 unspecified atom stereocenters. The van der Waals surface area contributed by atoms with E-state index < -0.39 is 0 Å². The van der Waals surface area contributed by atoms with E-state index >= 15 is 0 Å². The number of para-hydroxylation sites is 1. The Morgan fingerprint density at radius 3 is 2.67 bits per heavy atom. The van der Waals surface area contributed by atoms with Gasteiger partial charge in [0.1, 0.15) is 17.0 Å². The fourth-order valence-electron chi connectivity index (χ4n) is 1.80. The van der Waals surface area contributed by atoms with Crippen molar-refractivity contribution in [1.82, 2.24) is 19.7 Å². The van der Waals surface area contributed by atoms with Gasteiger partial charge in [-0.05, 0) is 12.1 Å². The zero-order valence-corrected chi connectivity index (χ0v) is 10.1. The minimum Gasteiger partial charge on any atom is -0.388 e. The molecule has 0 spiro atoms. The lowest BCUT2D eigenvalue weighted by molar-refractivity contribution is 0.895. The first-order valence-electron chi connectivity index (χ1n) is 5.31. The van der Waals surface area contributed by atoms with E-state index in [1.165, 1.54) is 6.33 Å². The summed E-state index contributed by atoms with van der Waals surface area (Å²) in [5.41, 5.74) is 7.81. The first kappa shape index (κ1) is 10.8. The standard InChI is InChI=1S/C12H9N5S/c13-11(18)10-9-6-16-17(12(9)15-7-14-10)8-4-2-1-3-5-8/h1-7H,(H2,13,18). The van der Waals surface area contributed by atoms with Gasteiger partial charge in [0.25, 0.3) is 0 Å². The molecule has 0 aliphatic heterocycles. The molecule has 2 heterocycles. The molecule has 0 amide bonds. The first-order valence-corrected chi connectivity index (χ1v) is 5.72. The van der Waals surface area contributed by atoms with E-state index in [0.29, 0.717) is 11.3 Å². The maximum absolute atomic E-state index is 5.63. The highest BCUT2D eigenvalue weighted by Gasteiger charge is 2.11. The molecule has 18 heavy (non-hydrogen) atoms. The van der Waals surface area contributed by atoms with Gasteiger partial charge in [0, 0.05) is 0 Å². The van der Waals surface area contributed by atoms with Crippen molar-refractivity contribution < 1.29 is 0 Å². The lowest BCUT2D eigenvalue weighted by Crippen LogP contribution is -2.12. The number of aromatic nitrogens is 4. The predicted octanol–water partition coefficient (Wildman–Crippen LogP) is 1.45. The largest absolute Gasteiger partial charge is 0.388 e. The van der Waals surface area contributed by atoms with Crippen molar-refractivity contribution in [2.75, 3.05) is 0 Å². The van der Waals surface area contributed by atoms with Crippen LogP contribution in [0.2, 0.25) is 0 Å². The second-order valence-corrected chi connectivity index (χ2v) is 4.16. The van der Waals surface area contributed by atoms with Crippen molar-refractivity contribution in [2.24, 2.45) is 5.73 Å². The van der Waals surface area contributed by atoms with Crippen LogP contribution in [0, 0.1) is 0 Å². The Balaban J connectivity index is 2.28. The zero-order valence-electron chi connectivity index (χ0n) is 9.32. The summed E-state index contributed by atoms with van der Waals surface area (Å²) >= 11 is 4.97. The third kappa shape index (κ3) is 1.63. The van der Waals surface area contributed by atoms with Crippen LogP contribution < -0.4 is 5.73 Å². The highest BCUT2D eigenvalue weighted by molar-refractivity contribution is 7.80. The summed E-state index contributed by atoms with van der Waals surface area (Å²) in [4.78, 5) is 8.56. The van der Waals surface area contributed by atoms with Gasteiger partial charge in [-0.1, -0.05) is 30.4 Å². The van der Waals surface area contributed by atoms with Gasteiger partial charge in [0.15, 0.2) is 5.65 Å². The second kappa shape index (κ2) is 4.15. The maximum Gasteiger partial charge on any atom is 0.166 e. The summed E-state index contributed by atoms with van der Waals surface area (Å²) < 4.78 is 1.73. The molecule has 1 aromatic carbocycles. The molecule has 3 aromatic rings. The maximum atomic E-state index is 5.63. The Morgan fingerprint density at radius 2 is 1.94 bits per heavy atom. The lowest BCUT2D eigenvalue weighted by Gasteiger charge is -2.02. The number of benzene rings is 1. The van der Waals surface area contributed by atoms with E-state index in [-0.39, 0.29) is 4.99 Å². The Kier molecular flexibility index (Phi) is 2.49. The normalized spacial score (nSPS) is 10.7. The molecular formula is C12H9N5S. The van der Waals surface area contributed by atoms with Gasteiger partial charge in [-0.2, -0.15) is 5.10 Å². The molecule has 0 radical (unpaired) electrons. The quantitative estimate of drug-likeness (QED) is 0.702. The van der Waals surface area contributed by atoms with E-state index in [0.717, 1.165) is 11.1 Å². The fraction of sp³-hybridized carbons (Fsp3) is 0. The van der Waals surface area contributed by atoms with Crippen LogP contribution in [0.3, 0.4) is 0 Å². The van der Waals surface area contributed by atoms with Crippen molar-refractivity contribution in [1.29, 1.82) is 0 Å². The number of hydrogen-bond donors (Lipinski definition) is 1. The number of rotatable bonds is 2. The molecule has 0 aliphatic rings. The minimum absolute atomic E-state index is 0.245. The monoisotopic (exact) mass is 255 g/mol. The Labute approximate surface area is 108 Å². The fourth-order valence-corrected chi connectivity index (χ4v) is 1.96. The summed E-state index contributed by atoms with van der Waals surface area (Å²) in [6.45, 7) is 0. The third-order valence-corrected chi connectivity index (χ3v) is 2.79. The van der Waals surface area contributed by atoms with E-state index in [1.54, 1.807) is 10.9 Å². The van der Waals surface area contributed by atoms with Gasteiger partial charge < -0.3 is 5.73 Å². The smallest absolute Gasteiger partial charge is 0.166 e. The summed E-state index contributed by atoms with van der Waals surface area (Å²) in [5.74, 6) is 0. The predicted molar refractivity (Wildman–Crippen MR) is 72.5 cm³/mol. The summed E-state index contributed by atoms with van der Waals surface area (Å²) in [7, 11) is 0. The average molecular weight is 255 g/mol. The van der Waals surface area contributed by atoms with Crippen LogP contribution in [0.25, 0.3) is 16.7 Å². The Bertz CT molecular complexity index is 720. The van der Waals surface area contributed by atoms with Crippen LogP contribution in [0.1, 0.15) is 5.69 Å². The number of fused-ring (bicyclic) bond motifs is 1. The van der Waals surface area contributed by atoms with E-state index in [9.17, 15) is 0 Å². The van der Waals surface area contributed by atoms with Crippen molar-refractivity contribution in [2.45, 2.75) is 0 Å². The van der Waals surface area contributed by atoms with Gasteiger partial charge in [0.2, 0.25) is 0 Å². The molecule has 0 aliphatic carbocycles. The summed E-state index contributed by atoms with van der Waals surface area (Å²) in [6.07, 6.45) is 3.12. The number of nitrogens with two attached hydrogens (primary N) is 1. The number of thiocarbonyl (C=S) groups is 1. The van der Waals surface area contributed by atoms with Crippen LogP contribution in [-0.4, -0.2) is 24.7 Å². The summed E-state index contributed by atoms with van der Waals surface area (Å²) in [5, 5.41) is 5.07. The summed E-state index contributed by atoms with van der Waals surface area (Å²) in [6, 6.07) is 9.74. The topological polar surface area (TPSA) is 69.6 Å². The van der Waals surface area contributed by atoms with Crippen molar-refractivity contribution >= 4 is 28.2 Å². The molecule has 0 fully saturated rings. The van der Waals surface area contributed by atoms with Crippen molar-refractivity contribution in [3.63, 3.8) is 0 Å². The van der Waals surface area contributed by atoms with Crippen LogP contribution in [-0.2, 0) is 0 Å². The molecule has 0 saturated carbocycles. The zero-order chi connectivity index (χ0) is 12.5. The molecule has 2 aromatic heterocycles. The number of nitrogens with zero attached hydrogens (tertiary/aromatic N) is 4. The molecule has 0 saturated heterocycles. The molecular weight excluding hydrogens is 246 g/mol. The van der Waals surface area contributed by atoms with Gasteiger partial charge in [-0.3, -0.25) is 0 Å². The molecule has 88 valence electrons.